The molecule has 1 aliphatic rings. The zero-order valence-corrected chi connectivity index (χ0v) is 15.2. The van der Waals surface area contributed by atoms with Crippen molar-refractivity contribution in [2.24, 2.45) is 0 Å². The minimum Gasteiger partial charge on any atom is -0.455 e. The van der Waals surface area contributed by atoms with Crippen LogP contribution in [0.2, 0.25) is 0 Å². The predicted molar refractivity (Wildman–Crippen MR) is 98.4 cm³/mol. The third-order valence-corrected chi connectivity index (χ3v) is 5.80. The molecular formula is C20H21NO3S. The summed E-state index contributed by atoms with van der Waals surface area (Å²) in [5.74, 6) is -0.527. The largest absolute Gasteiger partial charge is 0.455 e. The van der Waals surface area contributed by atoms with E-state index in [0.717, 1.165) is 16.0 Å². The van der Waals surface area contributed by atoms with E-state index in [-0.39, 0.29) is 29.8 Å². The molecule has 1 heterocycles. The lowest BCUT2D eigenvalue weighted by Gasteiger charge is -2.25. The predicted octanol–water partition coefficient (Wildman–Crippen LogP) is 3.47. The van der Waals surface area contributed by atoms with Crippen molar-refractivity contribution in [2.75, 3.05) is 13.7 Å². The van der Waals surface area contributed by atoms with Crippen LogP contribution in [0.25, 0.3) is 0 Å². The molecule has 0 saturated carbocycles. The van der Waals surface area contributed by atoms with Crippen LogP contribution in [0, 0.1) is 0 Å². The van der Waals surface area contributed by atoms with Gasteiger partial charge in [-0.05, 0) is 30.5 Å². The summed E-state index contributed by atoms with van der Waals surface area (Å²) in [5, 5.41) is -0.262. The molecule has 130 valence electrons. The SMILES string of the molecule is CC(c1ccccc1)N(C)C(=O)COC(=O)C1Cc2ccccc2S1. The second kappa shape index (κ2) is 7.74. The van der Waals surface area contributed by atoms with Gasteiger partial charge in [0.2, 0.25) is 0 Å². The lowest BCUT2D eigenvalue weighted by atomic mass is 10.1. The lowest BCUT2D eigenvalue weighted by molar-refractivity contribution is -0.151. The van der Waals surface area contributed by atoms with Gasteiger partial charge in [-0.2, -0.15) is 0 Å². The second-order valence-corrected chi connectivity index (χ2v) is 7.36. The summed E-state index contributed by atoms with van der Waals surface area (Å²) in [4.78, 5) is 27.3. The molecule has 5 heteroatoms. The van der Waals surface area contributed by atoms with Gasteiger partial charge in [-0.15, -0.1) is 11.8 Å². The van der Waals surface area contributed by atoms with Crippen molar-refractivity contribution in [1.29, 1.82) is 0 Å². The topological polar surface area (TPSA) is 46.6 Å². The number of esters is 1. The van der Waals surface area contributed by atoms with E-state index in [2.05, 4.69) is 0 Å². The third-order valence-electron chi connectivity index (χ3n) is 4.50. The molecule has 0 aliphatic carbocycles. The van der Waals surface area contributed by atoms with Crippen LogP contribution in [0.1, 0.15) is 24.1 Å². The summed E-state index contributed by atoms with van der Waals surface area (Å²) in [6.45, 7) is 1.73. The Labute approximate surface area is 152 Å². The average Bonchev–Trinajstić information content (AvgIpc) is 3.09. The Morgan fingerprint density at radius 2 is 1.84 bits per heavy atom. The highest BCUT2D eigenvalue weighted by molar-refractivity contribution is 8.01. The summed E-state index contributed by atoms with van der Waals surface area (Å²) in [5.41, 5.74) is 2.21. The summed E-state index contributed by atoms with van der Waals surface area (Å²) in [7, 11) is 1.73. The Bertz CT molecular complexity index is 738. The summed E-state index contributed by atoms with van der Waals surface area (Å²) < 4.78 is 5.28. The third kappa shape index (κ3) is 4.04. The van der Waals surface area contributed by atoms with Crippen molar-refractivity contribution in [3.8, 4) is 0 Å². The smallest absolute Gasteiger partial charge is 0.320 e. The monoisotopic (exact) mass is 355 g/mol. The molecule has 1 aliphatic heterocycles. The molecule has 2 unspecified atom stereocenters. The number of hydrogen-bond acceptors (Lipinski definition) is 4. The van der Waals surface area contributed by atoms with Crippen LogP contribution in [0.5, 0.6) is 0 Å². The molecule has 0 N–H and O–H groups in total. The normalized spacial score (nSPS) is 16.8. The highest BCUT2D eigenvalue weighted by atomic mass is 32.2. The van der Waals surface area contributed by atoms with Crippen LogP contribution in [-0.4, -0.2) is 35.7 Å². The molecule has 0 saturated heterocycles. The molecule has 4 nitrogen and oxygen atoms in total. The molecule has 3 rings (SSSR count). The number of carbonyl (C=O) groups excluding carboxylic acids is 2. The number of amides is 1. The van der Waals surface area contributed by atoms with Crippen molar-refractivity contribution in [3.63, 3.8) is 0 Å². The van der Waals surface area contributed by atoms with Crippen molar-refractivity contribution in [3.05, 3.63) is 65.7 Å². The molecule has 0 radical (unpaired) electrons. The average molecular weight is 355 g/mol. The number of fused-ring (bicyclic) bond motifs is 1. The fourth-order valence-corrected chi connectivity index (χ4v) is 4.01. The van der Waals surface area contributed by atoms with Crippen LogP contribution >= 0.6 is 11.8 Å². The van der Waals surface area contributed by atoms with Crippen LogP contribution in [0.15, 0.2) is 59.5 Å². The number of benzene rings is 2. The minimum atomic E-state index is -0.324. The molecule has 0 aromatic heterocycles. The van der Waals surface area contributed by atoms with Gasteiger partial charge in [0.25, 0.3) is 5.91 Å². The summed E-state index contributed by atoms with van der Waals surface area (Å²) >= 11 is 1.51. The number of rotatable bonds is 5. The molecule has 2 atom stereocenters. The van der Waals surface area contributed by atoms with E-state index in [1.165, 1.54) is 11.8 Å². The highest BCUT2D eigenvalue weighted by Gasteiger charge is 2.30. The minimum absolute atomic E-state index is 0.0717. The van der Waals surface area contributed by atoms with Gasteiger partial charge in [-0.1, -0.05) is 48.5 Å². The molecular weight excluding hydrogens is 334 g/mol. The van der Waals surface area contributed by atoms with E-state index in [9.17, 15) is 9.59 Å². The van der Waals surface area contributed by atoms with Gasteiger partial charge in [0, 0.05) is 11.9 Å². The molecule has 25 heavy (non-hydrogen) atoms. The van der Waals surface area contributed by atoms with Crippen LogP contribution < -0.4 is 0 Å². The van der Waals surface area contributed by atoms with Crippen molar-refractivity contribution in [1.82, 2.24) is 4.90 Å². The van der Waals surface area contributed by atoms with E-state index in [1.807, 2.05) is 61.5 Å². The lowest BCUT2D eigenvalue weighted by Crippen LogP contribution is -2.34. The molecule has 0 fully saturated rings. The van der Waals surface area contributed by atoms with Crippen molar-refractivity contribution < 1.29 is 14.3 Å². The van der Waals surface area contributed by atoms with Crippen LogP contribution in [-0.2, 0) is 20.7 Å². The maximum atomic E-state index is 12.3. The van der Waals surface area contributed by atoms with Crippen LogP contribution in [0.4, 0.5) is 0 Å². The van der Waals surface area contributed by atoms with Gasteiger partial charge in [0.15, 0.2) is 6.61 Å². The van der Waals surface area contributed by atoms with Crippen LogP contribution in [0.3, 0.4) is 0 Å². The van der Waals surface area contributed by atoms with Crippen molar-refractivity contribution >= 4 is 23.6 Å². The Balaban J connectivity index is 1.51. The number of carbonyl (C=O) groups is 2. The first-order valence-electron chi connectivity index (χ1n) is 8.28. The molecule has 0 spiro atoms. The Morgan fingerprint density at radius 3 is 2.56 bits per heavy atom. The van der Waals surface area contributed by atoms with E-state index in [4.69, 9.17) is 4.74 Å². The summed E-state index contributed by atoms with van der Waals surface area (Å²) in [6.07, 6.45) is 0.657. The first kappa shape index (κ1) is 17.5. The number of nitrogens with zero attached hydrogens (tertiary/aromatic N) is 1. The number of ether oxygens (including phenoxy) is 1. The second-order valence-electron chi connectivity index (χ2n) is 6.12. The molecule has 2 aromatic carbocycles. The van der Waals surface area contributed by atoms with Gasteiger partial charge in [-0.3, -0.25) is 9.59 Å². The quantitative estimate of drug-likeness (QED) is 0.771. The number of thioether (sulfide) groups is 1. The fraction of sp³-hybridized carbons (Fsp3) is 0.300. The first-order valence-corrected chi connectivity index (χ1v) is 9.16. The van der Waals surface area contributed by atoms with Crippen molar-refractivity contribution in [2.45, 2.75) is 29.5 Å². The van der Waals surface area contributed by atoms with Gasteiger partial charge in [-0.25, -0.2) is 0 Å². The maximum Gasteiger partial charge on any atom is 0.320 e. The van der Waals surface area contributed by atoms with Gasteiger partial charge >= 0.3 is 5.97 Å². The number of likely N-dealkylation sites (N-methyl/N-ethyl adjacent to an activating group) is 1. The van der Waals surface area contributed by atoms with E-state index < -0.39 is 0 Å². The summed E-state index contributed by atoms with van der Waals surface area (Å²) in [6, 6.07) is 17.7. The molecule has 1 amide bonds. The van der Waals surface area contributed by atoms with E-state index >= 15 is 0 Å². The highest BCUT2D eigenvalue weighted by Crippen LogP contribution is 2.37. The molecule has 2 aromatic rings. The number of hydrogen-bond donors (Lipinski definition) is 0. The Kier molecular flexibility index (Phi) is 5.43. The maximum absolute atomic E-state index is 12.3. The van der Waals surface area contributed by atoms with Gasteiger partial charge in [0.05, 0.1) is 6.04 Å². The standard InChI is InChI=1S/C20H21NO3S/c1-14(15-8-4-3-5-9-15)21(2)19(22)13-24-20(23)18-12-16-10-6-7-11-17(16)25-18/h3-11,14,18H,12-13H2,1-2H3. The van der Waals surface area contributed by atoms with E-state index in [1.54, 1.807) is 11.9 Å². The van der Waals surface area contributed by atoms with Gasteiger partial charge < -0.3 is 9.64 Å². The Morgan fingerprint density at radius 1 is 1.16 bits per heavy atom. The zero-order valence-electron chi connectivity index (χ0n) is 14.3. The zero-order chi connectivity index (χ0) is 17.8. The fourth-order valence-electron chi connectivity index (χ4n) is 2.81. The molecule has 0 bridgehead atoms. The van der Waals surface area contributed by atoms with Gasteiger partial charge in [0.1, 0.15) is 5.25 Å². The first-order chi connectivity index (χ1) is 12.1. The van der Waals surface area contributed by atoms with E-state index in [0.29, 0.717) is 6.42 Å². The Hall–Kier alpha value is -2.27.